The van der Waals surface area contributed by atoms with Gasteiger partial charge in [-0.2, -0.15) is 0 Å². The lowest BCUT2D eigenvalue weighted by Gasteiger charge is -2.41. The number of carbonyl (C=O) groups excluding carboxylic acids is 2. The number of ether oxygens (including phenoxy) is 4. The van der Waals surface area contributed by atoms with Crippen molar-refractivity contribution in [3.05, 3.63) is 29.3 Å². The van der Waals surface area contributed by atoms with E-state index in [9.17, 15) is 40.2 Å². The van der Waals surface area contributed by atoms with Crippen molar-refractivity contribution in [3.8, 4) is 11.5 Å². The van der Waals surface area contributed by atoms with E-state index < -0.39 is 72.9 Å². The maximum Gasteiger partial charge on any atom is 0.247 e. The van der Waals surface area contributed by atoms with E-state index in [0.717, 1.165) is 0 Å². The predicted octanol–water partition coefficient (Wildman–Crippen LogP) is -2.47. The number of aliphatic hydroxyl groups excluding tert-OH is 5. The Bertz CT molecular complexity index is 1030. The molecule has 2 saturated heterocycles. The molecular weight excluding hydrogens is 482 g/mol. The fourth-order valence-electron chi connectivity index (χ4n) is 4.46. The van der Waals surface area contributed by atoms with Crippen LogP contribution in [0.2, 0.25) is 0 Å². The van der Waals surface area contributed by atoms with Crippen LogP contribution in [-0.2, 0) is 23.8 Å². The Morgan fingerprint density at radius 3 is 2.25 bits per heavy atom. The summed E-state index contributed by atoms with van der Waals surface area (Å²) in [7, 11) is 0. The maximum absolute atomic E-state index is 12.7. The van der Waals surface area contributed by atoms with Crippen LogP contribution in [0.1, 0.15) is 19.4 Å². The summed E-state index contributed by atoms with van der Waals surface area (Å²) in [6.45, 7) is 2.52. The van der Waals surface area contributed by atoms with Crippen LogP contribution in [0.4, 0.5) is 0 Å². The van der Waals surface area contributed by atoms with E-state index in [1.165, 1.54) is 38.1 Å². The number of carbonyl (C=O) groups is 2. The van der Waals surface area contributed by atoms with Gasteiger partial charge in [0.25, 0.3) is 0 Å². The molecule has 3 fully saturated rings. The van der Waals surface area contributed by atoms with Crippen molar-refractivity contribution in [1.82, 2.24) is 5.32 Å². The molecule has 0 radical (unpaired) electrons. The fourth-order valence-corrected chi connectivity index (χ4v) is 4.46. The molecule has 1 amide bonds. The Balaban J connectivity index is 1.41. The third-order valence-electron chi connectivity index (χ3n) is 6.49. The quantitative estimate of drug-likeness (QED) is 0.199. The number of nitrogens with one attached hydrogen (secondary N) is 1. The zero-order chi connectivity index (χ0) is 26.3. The number of hydrogen-bond donors (Lipinski definition) is 7. The van der Waals surface area contributed by atoms with E-state index in [0.29, 0.717) is 5.56 Å². The minimum atomic E-state index is -1.51. The average molecular weight is 511 g/mol. The van der Waals surface area contributed by atoms with Crippen LogP contribution in [0.5, 0.6) is 11.5 Å². The van der Waals surface area contributed by atoms with Gasteiger partial charge in [-0.3, -0.25) is 9.59 Å². The molecule has 36 heavy (non-hydrogen) atoms. The second-order valence-corrected chi connectivity index (χ2v) is 9.04. The Kier molecular flexibility index (Phi) is 7.64. The summed E-state index contributed by atoms with van der Waals surface area (Å²) in [6, 6.07) is 2.90. The van der Waals surface area contributed by atoms with Gasteiger partial charge in [-0.05, 0) is 37.6 Å². The third kappa shape index (κ3) is 4.96. The van der Waals surface area contributed by atoms with Gasteiger partial charge in [0.2, 0.25) is 12.2 Å². The molecule has 1 aromatic rings. The van der Waals surface area contributed by atoms with E-state index in [2.05, 4.69) is 5.32 Å². The lowest BCUT2D eigenvalue weighted by Crippen LogP contribution is -2.67. The maximum atomic E-state index is 12.7. The molecule has 2 aliphatic heterocycles. The number of ketones is 1. The number of phenols is 1. The van der Waals surface area contributed by atoms with Gasteiger partial charge < -0.3 is 54.9 Å². The number of amides is 1. The fraction of sp³-hybridized carbons (Fsp3) is 0.565. The second-order valence-electron chi connectivity index (χ2n) is 9.04. The van der Waals surface area contributed by atoms with Crippen LogP contribution in [0, 0.1) is 0 Å². The summed E-state index contributed by atoms with van der Waals surface area (Å²) >= 11 is 0. The highest BCUT2D eigenvalue weighted by atomic mass is 16.7. The van der Waals surface area contributed by atoms with Gasteiger partial charge in [0.05, 0.1) is 6.04 Å². The molecule has 10 atom stereocenters. The number of hydrogen-bond acceptors (Lipinski definition) is 12. The zero-order valence-corrected chi connectivity index (χ0v) is 19.4. The second kappa shape index (κ2) is 10.4. The average Bonchev–Trinajstić information content (AvgIpc) is 3.43. The molecule has 1 aromatic carbocycles. The first kappa shape index (κ1) is 26.4. The molecule has 4 rings (SSSR count). The summed E-state index contributed by atoms with van der Waals surface area (Å²) < 4.78 is 21.1. The number of Topliss-reactive ketones (excluding diaryl/α,β-unsaturated/α-hetero) is 1. The number of aromatic hydroxyl groups is 1. The number of fused-ring (bicyclic) bond motifs is 1. The van der Waals surface area contributed by atoms with E-state index in [4.69, 9.17) is 18.9 Å². The predicted molar refractivity (Wildman–Crippen MR) is 118 cm³/mol. The van der Waals surface area contributed by atoms with Crippen molar-refractivity contribution in [2.45, 2.75) is 75.0 Å². The molecule has 13 heteroatoms. The van der Waals surface area contributed by atoms with Gasteiger partial charge in [0.1, 0.15) is 55.6 Å². The smallest absolute Gasteiger partial charge is 0.247 e. The van der Waals surface area contributed by atoms with Gasteiger partial charge in [0, 0.05) is 5.57 Å². The van der Waals surface area contributed by atoms with Crippen LogP contribution < -0.4 is 10.1 Å². The van der Waals surface area contributed by atoms with E-state index >= 15 is 0 Å². The van der Waals surface area contributed by atoms with E-state index in [1.807, 2.05) is 0 Å². The summed E-state index contributed by atoms with van der Waals surface area (Å²) in [5.74, 6) is -1.59. The first-order valence-corrected chi connectivity index (χ1v) is 11.3. The lowest BCUT2D eigenvalue weighted by molar-refractivity contribution is -0.155. The SMILES string of the molecule is CC(=O)[C@H]1O[C@@H](Oc2ccc(/C=C(\C)C(=O)N[C@@H]3[C@@H](O)[C@H](O)[C@@H]4OCO[C@@H]4[C@H]3O)cc2O)[C@@H](O)[C@@H]1O. The van der Waals surface area contributed by atoms with Gasteiger partial charge in [-0.15, -0.1) is 0 Å². The number of benzene rings is 1. The molecule has 3 aliphatic rings. The van der Waals surface area contributed by atoms with Crippen LogP contribution >= 0.6 is 0 Å². The molecule has 7 N–H and O–H groups in total. The van der Waals surface area contributed by atoms with Crippen molar-refractivity contribution in [1.29, 1.82) is 0 Å². The monoisotopic (exact) mass is 511 g/mol. The Morgan fingerprint density at radius 1 is 0.972 bits per heavy atom. The van der Waals surface area contributed by atoms with Gasteiger partial charge in [-0.1, -0.05) is 6.07 Å². The summed E-state index contributed by atoms with van der Waals surface area (Å²) in [6.07, 6.45) is -10.2. The summed E-state index contributed by atoms with van der Waals surface area (Å²) in [5.41, 5.74) is 0.545. The molecule has 0 unspecified atom stereocenters. The molecule has 13 nitrogen and oxygen atoms in total. The van der Waals surface area contributed by atoms with Gasteiger partial charge in [-0.25, -0.2) is 0 Å². The van der Waals surface area contributed by atoms with Crippen molar-refractivity contribution < 1.29 is 59.2 Å². The van der Waals surface area contributed by atoms with Crippen LogP contribution in [0.25, 0.3) is 6.08 Å². The minimum Gasteiger partial charge on any atom is -0.504 e. The number of aliphatic hydroxyl groups is 5. The Hall–Kier alpha value is -2.62. The lowest BCUT2D eigenvalue weighted by atomic mass is 9.83. The zero-order valence-electron chi connectivity index (χ0n) is 19.4. The summed E-state index contributed by atoms with van der Waals surface area (Å²) in [4.78, 5) is 24.2. The molecule has 0 bridgehead atoms. The van der Waals surface area contributed by atoms with Crippen LogP contribution in [0.15, 0.2) is 23.8 Å². The number of rotatable bonds is 6. The largest absolute Gasteiger partial charge is 0.504 e. The molecule has 0 aromatic heterocycles. The van der Waals surface area contributed by atoms with E-state index in [-0.39, 0.29) is 23.9 Å². The van der Waals surface area contributed by atoms with Crippen molar-refractivity contribution in [2.24, 2.45) is 0 Å². The molecule has 1 aliphatic carbocycles. The Morgan fingerprint density at radius 2 is 1.64 bits per heavy atom. The highest BCUT2D eigenvalue weighted by Crippen LogP contribution is 2.33. The molecule has 2 heterocycles. The topological polar surface area (TPSA) is 204 Å². The van der Waals surface area contributed by atoms with E-state index in [1.54, 1.807) is 0 Å². The molecule has 198 valence electrons. The van der Waals surface area contributed by atoms with Crippen molar-refractivity contribution >= 4 is 17.8 Å². The first-order valence-electron chi connectivity index (χ1n) is 11.3. The number of phenolic OH excluding ortho intramolecular Hbond substituents is 1. The van der Waals surface area contributed by atoms with Crippen LogP contribution in [0.3, 0.4) is 0 Å². The van der Waals surface area contributed by atoms with Gasteiger partial charge >= 0.3 is 0 Å². The highest BCUT2D eigenvalue weighted by Gasteiger charge is 2.53. The Labute approximate surface area is 205 Å². The van der Waals surface area contributed by atoms with Crippen molar-refractivity contribution in [2.75, 3.05) is 6.79 Å². The van der Waals surface area contributed by atoms with Crippen molar-refractivity contribution in [3.63, 3.8) is 0 Å². The van der Waals surface area contributed by atoms with Crippen LogP contribution in [-0.4, -0.2) is 110 Å². The third-order valence-corrected chi connectivity index (χ3v) is 6.49. The highest BCUT2D eigenvalue weighted by molar-refractivity contribution is 5.97. The standard InChI is InChI=1S/C23H29NO12/c1-8(22(32)24-13-14(27)16(29)21-20(15(13)28)33-7-34-21)5-10-3-4-12(11(26)6-10)35-23-18(31)17(30)19(36-23)9(2)25/h3-6,13-21,23,26-31H,7H2,1-2H3,(H,24,32)/b8-5+/t13-,14-,15+,16+,17+,18+,19-,20-,21+,23-/m1/s1. The summed E-state index contributed by atoms with van der Waals surface area (Å²) in [5, 5.41) is 63.9. The molecule has 0 spiro atoms. The normalized spacial score (nSPS) is 38.5. The molecular formula is C23H29NO12. The van der Waals surface area contributed by atoms with Gasteiger partial charge in [0.15, 0.2) is 17.3 Å². The first-order chi connectivity index (χ1) is 17.0. The minimum absolute atomic E-state index is 0.0921. The molecule has 1 saturated carbocycles.